The number of carboxylic acid groups (broad SMARTS) is 1. The van der Waals surface area contributed by atoms with Crippen molar-refractivity contribution in [2.45, 2.75) is 31.7 Å². The van der Waals surface area contributed by atoms with Crippen molar-refractivity contribution in [3.63, 3.8) is 0 Å². The molecule has 22 heavy (non-hydrogen) atoms. The number of nitrogens with one attached hydrogen (secondary N) is 1. The van der Waals surface area contributed by atoms with E-state index in [0.29, 0.717) is 34.1 Å². The molecular formula is C15H19ClN2O3S. The van der Waals surface area contributed by atoms with Crippen LogP contribution in [0.25, 0.3) is 0 Å². The van der Waals surface area contributed by atoms with Gasteiger partial charge in [0.2, 0.25) is 0 Å². The third kappa shape index (κ3) is 3.55. The highest BCUT2D eigenvalue weighted by atomic mass is 35.5. The second-order valence-electron chi connectivity index (χ2n) is 6.05. The normalized spacial score (nSPS) is 20.7. The van der Waals surface area contributed by atoms with Gasteiger partial charge in [0.15, 0.2) is 0 Å². The lowest BCUT2D eigenvalue weighted by Crippen LogP contribution is -2.47. The molecule has 0 bridgehead atoms. The predicted octanol–water partition coefficient (Wildman–Crippen LogP) is 3.30. The molecule has 0 aromatic carbocycles. The Hall–Kier alpha value is -1.27. The number of piperidine rings is 1. The molecule has 7 heteroatoms. The highest BCUT2D eigenvalue weighted by Gasteiger charge is 2.39. The molecule has 0 spiro atoms. The second kappa shape index (κ2) is 6.46. The summed E-state index contributed by atoms with van der Waals surface area (Å²) in [6, 6.07) is 3.64. The molecule has 2 amide bonds. The molecule has 3 rings (SSSR count). The van der Waals surface area contributed by atoms with Crippen LogP contribution in [0.2, 0.25) is 4.34 Å². The van der Waals surface area contributed by atoms with E-state index in [1.807, 2.05) is 0 Å². The van der Waals surface area contributed by atoms with E-state index in [-0.39, 0.29) is 11.9 Å². The first kappa shape index (κ1) is 15.6. The fraction of sp³-hybridized carbons (Fsp3) is 0.600. The summed E-state index contributed by atoms with van der Waals surface area (Å²) >= 11 is 7.18. The molecule has 1 saturated carbocycles. The van der Waals surface area contributed by atoms with Gasteiger partial charge in [0.25, 0.3) is 5.91 Å². The number of hydrogen-bond donors (Lipinski definition) is 2. The molecular weight excluding hydrogens is 324 g/mol. The standard InChI is InChI=1S/C15H19ClN2O3S/c16-12-4-3-11(22-12)14(19)17-13(9-1-2-9)10-5-7-18(8-6-10)15(20)21/h3-4,9-10,13H,1-2,5-8H2,(H,17,19)(H,20,21). The Kier molecular flexibility index (Phi) is 4.59. The molecule has 2 aliphatic rings. The highest BCUT2D eigenvalue weighted by Crippen LogP contribution is 2.39. The summed E-state index contributed by atoms with van der Waals surface area (Å²) in [6.07, 6.45) is 3.08. The minimum atomic E-state index is -0.848. The predicted molar refractivity (Wildman–Crippen MR) is 85.6 cm³/mol. The van der Waals surface area contributed by atoms with E-state index in [1.165, 1.54) is 16.2 Å². The molecule has 1 aliphatic heterocycles. The van der Waals surface area contributed by atoms with Crippen LogP contribution in [0.3, 0.4) is 0 Å². The van der Waals surface area contributed by atoms with Gasteiger partial charge in [-0.15, -0.1) is 11.3 Å². The van der Waals surface area contributed by atoms with E-state index in [4.69, 9.17) is 16.7 Å². The number of rotatable bonds is 4. The van der Waals surface area contributed by atoms with Gasteiger partial charge in [-0.05, 0) is 49.7 Å². The smallest absolute Gasteiger partial charge is 0.407 e. The van der Waals surface area contributed by atoms with Gasteiger partial charge >= 0.3 is 6.09 Å². The molecule has 1 atom stereocenters. The molecule has 1 unspecified atom stereocenters. The average Bonchev–Trinajstić information content (AvgIpc) is 3.25. The second-order valence-corrected chi connectivity index (χ2v) is 7.76. The molecule has 2 fully saturated rings. The Morgan fingerprint density at radius 3 is 2.36 bits per heavy atom. The molecule has 2 N–H and O–H groups in total. The number of nitrogens with zero attached hydrogens (tertiary/aromatic N) is 1. The van der Waals surface area contributed by atoms with Gasteiger partial charge in [-0.25, -0.2) is 4.79 Å². The largest absolute Gasteiger partial charge is 0.465 e. The highest BCUT2D eigenvalue weighted by molar-refractivity contribution is 7.17. The average molecular weight is 343 g/mol. The first-order chi connectivity index (χ1) is 10.5. The third-order valence-corrected chi connectivity index (χ3v) is 5.77. The Labute approximate surface area is 138 Å². The van der Waals surface area contributed by atoms with Crippen molar-refractivity contribution in [1.82, 2.24) is 10.2 Å². The quantitative estimate of drug-likeness (QED) is 0.882. The van der Waals surface area contributed by atoms with Gasteiger partial charge in [0.05, 0.1) is 9.21 Å². The van der Waals surface area contributed by atoms with Crippen LogP contribution in [-0.4, -0.2) is 41.1 Å². The zero-order valence-electron chi connectivity index (χ0n) is 12.1. The van der Waals surface area contributed by atoms with Gasteiger partial charge in [-0.3, -0.25) is 4.79 Å². The maximum Gasteiger partial charge on any atom is 0.407 e. The maximum atomic E-state index is 12.4. The minimum Gasteiger partial charge on any atom is -0.465 e. The number of carbonyl (C=O) groups excluding carboxylic acids is 1. The summed E-state index contributed by atoms with van der Waals surface area (Å²) in [5, 5.41) is 12.2. The van der Waals surface area contributed by atoms with Crippen molar-refractivity contribution < 1.29 is 14.7 Å². The fourth-order valence-corrected chi connectivity index (χ4v) is 4.13. The summed E-state index contributed by atoms with van der Waals surface area (Å²) in [5.41, 5.74) is 0. The number of thiophene rings is 1. The van der Waals surface area contributed by atoms with Crippen LogP contribution in [0, 0.1) is 11.8 Å². The lowest BCUT2D eigenvalue weighted by Gasteiger charge is -2.35. The van der Waals surface area contributed by atoms with E-state index >= 15 is 0 Å². The lowest BCUT2D eigenvalue weighted by atomic mass is 9.86. The van der Waals surface area contributed by atoms with Crippen LogP contribution in [-0.2, 0) is 0 Å². The van der Waals surface area contributed by atoms with Crippen molar-refractivity contribution in [3.05, 3.63) is 21.3 Å². The molecule has 1 saturated heterocycles. The van der Waals surface area contributed by atoms with Crippen molar-refractivity contribution in [2.75, 3.05) is 13.1 Å². The van der Waals surface area contributed by atoms with Gasteiger partial charge in [-0.1, -0.05) is 11.6 Å². The van der Waals surface area contributed by atoms with Crippen molar-refractivity contribution >= 4 is 34.9 Å². The summed E-state index contributed by atoms with van der Waals surface area (Å²) < 4.78 is 0.614. The number of carbonyl (C=O) groups is 2. The van der Waals surface area contributed by atoms with E-state index in [0.717, 1.165) is 25.7 Å². The summed E-state index contributed by atoms with van der Waals surface area (Å²) in [6.45, 7) is 1.12. The van der Waals surface area contributed by atoms with Crippen LogP contribution in [0.15, 0.2) is 12.1 Å². The topological polar surface area (TPSA) is 69.6 Å². The first-order valence-electron chi connectivity index (χ1n) is 7.58. The number of amides is 2. The summed E-state index contributed by atoms with van der Waals surface area (Å²) in [4.78, 5) is 25.4. The Morgan fingerprint density at radius 2 is 1.86 bits per heavy atom. The molecule has 2 heterocycles. The Bertz CT molecular complexity index is 565. The van der Waals surface area contributed by atoms with Crippen LogP contribution >= 0.6 is 22.9 Å². The SMILES string of the molecule is O=C(NC(C1CC1)C1CCN(C(=O)O)CC1)c1ccc(Cl)s1. The molecule has 1 aromatic heterocycles. The zero-order chi connectivity index (χ0) is 15.7. The van der Waals surface area contributed by atoms with Crippen LogP contribution in [0.4, 0.5) is 4.79 Å². The van der Waals surface area contributed by atoms with E-state index < -0.39 is 6.09 Å². The molecule has 1 aliphatic carbocycles. The maximum absolute atomic E-state index is 12.4. The third-order valence-electron chi connectivity index (χ3n) is 4.54. The molecule has 1 aromatic rings. The summed E-state index contributed by atoms with van der Waals surface area (Å²) in [7, 11) is 0. The number of hydrogen-bond acceptors (Lipinski definition) is 3. The number of halogens is 1. The van der Waals surface area contributed by atoms with Crippen LogP contribution in [0.1, 0.15) is 35.4 Å². The molecule has 0 radical (unpaired) electrons. The van der Waals surface area contributed by atoms with Gasteiger partial charge in [0.1, 0.15) is 0 Å². The minimum absolute atomic E-state index is 0.0607. The Balaban J connectivity index is 1.61. The van der Waals surface area contributed by atoms with Crippen molar-refractivity contribution in [3.8, 4) is 0 Å². The first-order valence-corrected chi connectivity index (χ1v) is 8.78. The molecule has 120 valence electrons. The summed E-state index contributed by atoms with van der Waals surface area (Å²) in [5.74, 6) is 0.845. The monoisotopic (exact) mass is 342 g/mol. The number of likely N-dealkylation sites (tertiary alicyclic amines) is 1. The van der Waals surface area contributed by atoms with E-state index in [2.05, 4.69) is 5.32 Å². The van der Waals surface area contributed by atoms with E-state index in [1.54, 1.807) is 12.1 Å². The lowest BCUT2D eigenvalue weighted by molar-refractivity contribution is 0.0868. The van der Waals surface area contributed by atoms with Gasteiger partial charge < -0.3 is 15.3 Å². The van der Waals surface area contributed by atoms with Gasteiger partial charge in [-0.2, -0.15) is 0 Å². The van der Waals surface area contributed by atoms with Gasteiger partial charge in [0, 0.05) is 19.1 Å². The van der Waals surface area contributed by atoms with E-state index in [9.17, 15) is 9.59 Å². The molecule has 5 nitrogen and oxygen atoms in total. The Morgan fingerprint density at radius 1 is 1.23 bits per heavy atom. The van der Waals surface area contributed by atoms with Crippen molar-refractivity contribution in [1.29, 1.82) is 0 Å². The van der Waals surface area contributed by atoms with Crippen LogP contribution in [0.5, 0.6) is 0 Å². The van der Waals surface area contributed by atoms with Crippen molar-refractivity contribution in [2.24, 2.45) is 11.8 Å². The zero-order valence-corrected chi connectivity index (χ0v) is 13.7. The van der Waals surface area contributed by atoms with Crippen LogP contribution < -0.4 is 5.32 Å². The fourth-order valence-electron chi connectivity index (χ4n) is 3.18.